The van der Waals surface area contributed by atoms with E-state index in [0.29, 0.717) is 27.8 Å². The lowest BCUT2D eigenvalue weighted by molar-refractivity contribution is -0.160. The van der Waals surface area contributed by atoms with Crippen LogP contribution >= 0.6 is 0 Å². The zero-order chi connectivity index (χ0) is 27.1. The summed E-state index contributed by atoms with van der Waals surface area (Å²) >= 11 is 0. The van der Waals surface area contributed by atoms with Crippen LogP contribution in [0.3, 0.4) is 0 Å². The largest absolute Gasteiger partial charge is 0.324 e. The summed E-state index contributed by atoms with van der Waals surface area (Å²) in [6.07, 6.45) is 30.3. The van der Waals surface area contributed by atoms with E-state index >= 15 is 0 Å². The van der Waals surface area contributed by atoms with Crippen LogP contribution in [0.1, 0.15) is 147 Å². The monoisotopic (exact) mass is 542 g/mol. The summed E-state index contributed by atoms with van der Waals surface area (Å²) in [5.74, 6) is 3.81. The maximum Gasteiger partial charge on any atom is 0.0326 e. The van der Waals surface area contributed by atoms with Crippen molar-refractivity contribution < 1.29 is 0 Å². The van der Waals surface area contributed by atoms with Crippen LogP contribution in [0.25, 0.3) is 0 Å². The van der Waals surface area contributed by atoms with E-state index in [0.717, 1.165) is 23.7 Å². The van der Waals surface area contributed by atoms with E-state index in [1.807, 2.05) is 0 Å². The Morgan fingerprint density at radius 3 is 2.30 bits per heavy atom. The van der Waals surface area contributed by atoms with Crippen molar-refractivity contribution in [1.29, 1.82) is 0 Å². The summed E-state index contributed by atoms with van der Waals surface area (Å²) in [5.41, 5.74) is 11.1. The van der Waals surface area contributed by atoms with Crippen LogP contribution in [-0.4, -0.2) is 17.1 Å². The highest BCUT2D eigenvalue weighted by molar-refractivity contribution is 5.36. The van der Waals surface area contributed by atoms with E-state index in [9.17, 15) is 0 Å². The number of benzene rings is 1. The molecule has 3 N–H and O–H groups in total. The van der Waals surface area contributed by atoms with Crippen LogP contribution in [0.2, 0.25) is 0 Å². The van der Waals surface area contributed by atoms with Crippen molar-refractivity contribution in [3.63, 3.8) is 0 Å². The Bertz CT molecular complexity index is 1060. The third-order valence-electron chi connectivity index (χ3n) is 14.5. The Balaban J connectivity index is 1.14. The lowest BCUT2D eigenvalue weighted by atomic mass is 9.37. The Morgan fingerprint density at radius 2 is 1.55 bits per heavy atom. The van der Waals surface area contributed by atoms with E-state index in [-0.39, 0.29) is 5.54 Å². The van der Waals surface area contributed by atoms with Gasteiger partial charge in [0, 0.05) is 17.1 Å². The average Bonchev–Trinajstić information content (AvgIpc) is 2.93. The van der Waals surface area contributed by atoms with Gasteiger partial charge in [-0.3, -0.25) is 0 Å². The van der Waals surface area contributed by atoms with Gasteiger partial charge in [0.1, 0.15) is 0 Å². The Hall–Kier alpha value is -0.860. The van der Waals surface area contributed by atoms with Crippen LogP contribution in [0.15, 0.2) is 30.3 Å². The van der Waals surface area contributed by atoms with Gasteiger partial charge in [-0.15, -0.1) is 0 Å². The summed E-state index contributed by atoms with van der Waals surface area (Å²) < 4.78 is 0. The van der Waals surface area contributed by atoms with Gasteiger partial charge in [0.25, 0.3) is 0 Å². The first-order valence-corrected chi connectivity index (χ1v) is 18.0. The zero-order valence-corrected chi connectivity index (χ0v) is 25.7. The quantitative estimate of drug-likeness (QED) is 0.305. The molecule has 0 aliphatic heterocycles. The second kappa shape index (κ2) is 9.57. The fourth-order valence-corrected chi connectivity index (χ4v) is 14.2. The summed E-state index contributed by atoms with van der Waals surface area (Å²) in [6.45, 7) is 2.36. The molecule has 0 heterocycles. The van der Waals surface area contributed by atoms with Crippen molar-refractivity contribution in [3.05, 3.63) is 35.9 Å². The van der Waals surface area contributed by atoms with Crippen molar-refractivity contribution in [3.8, 4) is 0 Å². The Morgan fingerprint density at radius 1 is 0.775 bits per heavy atom. The van der Waals surface area contributed by atoms with Gasteiger partial charge in [0.2, 0.25) is 0 Å². The predicted molar refractivity (Wildman–Crippen MR) is 166 cm³/mol. The first-order valence-electron chi connectivity index (χ1n) is 18.0. The molecule has 9 saturated carbocycles. The molecule has 1 aromatic carbocycles. The summed E-state index contributed by atoms with van der Waals surface area (Å²) in [4.78, 5) is 0. The zero-order valence-electron chi connectivity index (χ0n) is 25.7. The molecule has 0 saturated heterocycles. The van der Waals surface area contributed by atoms with Crippen molar-refractivity contribution in [2.45, 2.75) is 164 Å². The first kappa shape index (κ1) is 26.7. The molecule has 7 unspecified atom stereocenters. The van der Waals surface area contributed by atoms with Crippen LogP contribution in [0, 0.1) is 34.5 Å². The van der Waals surface area contributed by atoms with Gasteiger partial charge in [-0.25, -0.2) is 0 Å². The third kappa shape index (κ3) is 4.15. The molecule has 2 heteroatoms. The molecule has 1 aromatic rings. The maximum atomic E-state index is 7.85. The molecule has 0 aromatic heterocycles. The van der Waals surface area contributed by atoms with Crippen LogP contribution in [0.5, 0.6) is 0 Å². The molecule has 9 aliphatic rings. The fraction of sp³-hybridized carbons (Fsp3) is 0.842. The van der Waals surface area contributed by atoms with Gasteiger partial charge < -0.3 is 11.1 Å². The van der Waals surface area contributed by atoms with E-state index < -0.39 is 0 Å². The molecule has 0 radical (unpaired) electrons. The van der Waals surface area contributed by atoms with E-state index in [1.54, 1.807) is 18.4 Å². The van der Waals surface area contributed by atoms with Crippen LogP contribution in [0.4, 0.5) is 0 Å². The number of hydrogen-bond donors (Lipinski definition) is 2. The fourth-order valence-electron chi connectivity index (χ4n) is 14.2. The topological polar surface area (TPSA) is 38.0 Å². The van der Waals surface area contributed by atoms with Crippen molar-refractivity contribution in [1.82, 2.24) is 5.32 Å². The molecule has 0 spiro atoms. The second-order valence-electron chi connectivity index (χ2n) is 17.4. The minimum absolute atomic E-state index is 0.0403. The highest BCUT2D eigenvalue weighted by Gasteiger charge is 2.69. The van der Waals surface area contributed by atoms with Crippen molar-refractivity contribution >= 4 is 0 Å². The second-order valence-corrected chi connectivity index (χ2v) is 17.4. The van der Waals surface area contributed by atoms with Gasteiger partial charge in [0.15, 0.2) is 0 Å². The van der Waals surface area contributed by atoms with Crippen LogP contribution < -0.4 is 11.1 Å². The molecule has 7 atom stereocenters. The number of nitrogens with one attached hydrogen (secondary N) is 1. The number of rotatable bonds is 9. The van der Waals surface area contributed by atoms with E-state index in [1.165, 1.54) is 122 Å². The lowest BCUT2D eigenvalue weighted by Gasteiger charge is -2.73. The Kier molecular flexibility index (Phi) is 6.40. The SMILES string of the molecule is CCCCCCC12CC3CC(c4ccccc4)(CC(N)(C3)C1NC13CC4CC(C1)CC(C1CCCCC1)(C4)C3)C2. The third-order valence-corrected chi connectivity index (χ3v) is 14.5. The van der Waals surface area contributed by atoms with Gasteiger partial charge in [-0.1, -0.05) is 82.2 Å². The molecule has 220 valence electrons. The molecule has 8 bridgehead atoms. The van der Waals surface area contributed by atoms with E-state index in [2.05, 4.69) is 37.3 Å². The van der Waals surface area contributed by atoms with Crippen LogP contribution in [-0.2, 0) is 5.41 Å². The van der Waals surface area contributed by atoms with Gasteiger partial charge in [-0.05, 0) is 135 Å². The summed E-state index contributed by atoms with van der Waals surface area (Å²) in [7, 11) is 0. The van der Waals surface area contributed by atoms with Gasteiger partial charge >= 0.3 is 0 Å². The molecule has 40 heavy (non-hydrogen) atoms. The Labute approximate surface area is 245 Å². The molecular weight excluding hydrogens is 484 g/mol. The number of unbranched alkanes of at least 4 members (excludes halogenated alkanes) is 3. The summed E-state index contributed by atoms with van der Waals surface area (Å²) in [6, 6.07) is 12.2. The predicted octanol–water partition coefficient (Wildman–Crippen LogP) is 9.06. The molecule has 2 nitrogen and oxygen atoms in total. The lowest BCUT2D eigenvalue weighted by Crippen LogP contribution is -2.80. The number of nitrogens with two attached hydrogens (primary N) is 1. The van der Waals surface area contributed by atoms with E-state index in [4.69, 9.17) is 11.1 Å². The molecule has 10 rings (SSSR count). The summed E-state index contributed by atoms with van der Waals surface area (Å²) in [5, 5.41) is 4.74. The minimum Gasteiger partial charge on any atom is -0.324 e. The molecule has 9 aliphatic carbocycles. The van der Waals surface area contributed by atoms with Crippen molar-refractivity contribution in [2.24, 2.45) is 40.2 Å². The standard InChI is InChI=1S/C38H58N2/c1-2-3-4-11-16-34-20-30-21-36(25-34,32-14-9-6-10-15-32)27-38(39,24-30)33(34)40-37-22-28-17-29(23-37)19-35(18-28,26-37)31-12-7-5-8-13-31/h6,9-10,14-15,28-31,33,40H,2-5,7-8,11-13,16-27,39H2,1H3. The van der Waals surface area contributed by atoms with Crippen molar-refractivity contribution in [2.75, 3.05) is 0 Å². The average molecular weight is 543 g/mol. The molecular formula is C38H58N2. The first-order chi connectivity index (χ1) is 19.4. The van der Waals surface area contributed by atoms with Gasteiger partial charge in [0.05, 0.1) is 0 Å². The molecule has 9 fully saturated rings. The minimum atomic E-state index is -0.0403. The molecule has 0 amide bonds. The highest BCUT2D eigenvalue weighted by atomic mass is 15.1. The normalized spacial score (nSPS) is 49.1. The van der Waals surface area contributed by atoms with Gasteiger partial charge in [-0.2, -0.15) is 0 Å². The maximum absolute atomic E-state index is 7.85. The highest BCUT2D eigenvalue weighted by Crippen LogP contribution is 2.70. The smallest absolute Gasteiger partial charge is 0.0326 e. The number of hydrogen-bond acceptors (Lipinski definition) is 2.